The minimum Gasteiger partial charge on any atom is -0.462 e. The monoisotopic (exact) mass is 335 g/mol. The van der Waals surface area contributed by atoms with E-state index in [1.165, 1.54) is 10.6 Å². The van der Waals surface area contributed by atoms with Gasteiger partial charge in [0.1, 0.15) is 5.56 Å². The first-order valence-electron chi connectivity index (χ1n) is 7.39. The summed E-state index contributed by atoms with van der Waals surface area (Å²) in [5, 5.41) is 0. The van der Waals surface area contributed by atoms with Crippen molar-refractivity contribution in [1.82, 2.24) is 13.7 Å². The quantitative estimate of drug-likeness (QED) is 0.614. The number of hydrogen-bond acceptors (Lipinski definition) is 7. The highest BCUT2D eigenvalue weighted by Gasteiger charge is 2.18. The van der Waals surface area contributed by atoms with Gasteiger partial charge < -0.3 is 9.47 Å². The van der Waals surface area contributed by atoms with Crippen LogP contribution in [0.3, 0.4) is 0 Å². The topological polar surface area (TPSA) is 73.1 Å². The molecule has 0 radical (unpaired) electrons. The van der Waals surface area contributed by atoms with Crippen LogP contribution in [0.5, 0.6) is 0 Å². The molecule has 1 aliphatic heterocycles. The molecular weight excluding hydrogens is 318 g/mol. The van der Waals surface area contributed by atoms with Gasteiger partial charge in [-0.15, -0.1) is 0 Å². The van der Waals surface area contributed by atoms with Crippen LogP contribution in [-0.2, 0) is 9.47 Å². The molecule has 122 valence electrons. The normalized spacial score (nSPS) is 15.7. The highest BCUT2D eigenvalue weighted by Crippen LogP contribution is 2.26. The van der Waals surface area contributed by atoms with Crippen LogP contribution in [0.4, 0.5) is 0 Å². The van der Waals surface area contributed by atoms with Crippen molar-refractivity contribution in [3.8, 4) is 0 Å². The lowest BCUT2D eigenvalue weighted by Gasteiger charge is -2.25. The van der Waals surface area contributed by atoms with Gasteiger partial charge in [-0.05, 0) is 31.0 Å². The molecule has 0 bridgehead atoms. The third-order valence-electron chi connectivity index (χ3n) is 3.39. The SMILES string of the molecule is CCOC(=O)c1cnc2c(SN3CCOCC3)cccn2c1=O. The Morgan fingerprint density at radius 2 is 2.22 bits per heavy atom. The average Bonchev–Trinajstić information content (AvgIpc) is 2.57. The van der Waals surface area contributed by atoms with Crippen LogP contribution >= 0.6 is 11.9 Å². The number of rotatable bonds is 4. The fourth-order valence-electron chi connectivity index (χ4n) is 2.28. The molecular formula is C15H17N3O4S. The molecule has 23 heavy (non-hydrogen) atoms. The molecule has 7 nitrogen and oxygen atoms in total. The van der Waals surface area contributed by atoms with Crippen molar-refractivity contribution < 1.29 is 14.3 Å². The van der Waals surface area contributed by atoms with Crippen molar-refractivity contribution in [2.24, 2.45) is 0 Å². The van der Waals surface area contributed by atoms with E-state index in [4.69, 9.17) is 9.47 Å². The maximum absolute atomic E-state index is 12.5. The molecule has 0 spiro atoms. The van der Waals surface area contributed by atoms with E-state index in [9.17, 15) is 9.59 Å². The second kappa shape index (κ2) is 7.12. The molecule has 0 aliphatic carbocycles. The zero-order valence-corrected chi connectivity index (χ0v) is 13.5. The molecule has 2 aromatic heterocycles. The first kappa shape index (κ1) is 16.0. The number of nitrogens with zero attached hydrogens (tertiary/aromatic N) is 3. The molecule has 0 N–H and O–H groups in total. The smallest absolute Gasteiger partial charge is 0.345 e. The first-order valence-corrected chi connectivity index (χ1v) is 8.16. The van der Waals surface area contributed by atoms with Crippen LogP contribution < -0.4 is 5.56 Å². The van der Waals surface area contributed by atoms with E-state index in [0.29, 0.717) is 18.9 Å². The van der Waals surface area contributed by atoms with Crippen LogP contribution in [0.1, 0.15) is 17.3 Å². The number of hydrogen-bond donors (Lipinski definition) is 0. The number of pyridine rings is 1. The third-order valence-corrected chi connectivity index (χ3v) is 4.53. The largest absolute Gasteiger partial charge is 0.462 e. The fraction of sp³-hybridized carbons (Fsp3) is 0.400. The number of morpholine rings is 1. The Labute approximate surface area is 137 Å². The third kappa shape index (κ3) is 3.39. The standard InChI is InChI=1S/C15H17N3O4S/c1-2-22-15(20)11-10-16-13-12(4-3-5-18(13)14(11)19)23-17-6-8-21-9-7-17/h3-5,10H,2,6-9H2,1H3. The van der Waals surface area contributed by atoms with E-state index >= 15 is 0 Å². The van der Waals surface area contributed by atoms with Crippen molar-refractivity contribution in [2.45, 2.75) is 11.8 Å². The first-order chi connectivity index (χ1) is 11.2. The van der Waals surface area contributed by atoms with Gasteiger partial charge in [0.2, 0.25) is 0 Å². The van der Waals surface area contributed by atoms with E-state index in [1.54, 1.807) is 31.1 Å². The van der Waals surface area contributed by atoms with Crippen molar-refractivity contribution >= 4 is 23.6 Å². The molecule has 0 aromatic carbocycles. The summed E-state index contributed by atoms with van der Waals surface area (Å²) in [7, 11) is 0. The van der Waals surface area contributed by atoms with Crippen molar-refractivity contribution in [3.05, 3.63) is 40.4 Å². The van der Waals surface area contributed by atoms with Gasteiger partial charge in [-0.2, -0.15) is 0 Å². The minimum atomic E-state index is -0.648. The van der Waals surface area contributed by atoms with Crippen LogP contribution in [-0.4, -0.2) is 52.6 Å². The molecule has 0 saturated carbocycles. The summed E-state index contributed by atoms with van der Waals surface area (Å²) in [6, 6.07) is 3.68. The lowest BCUT2D eigenvalue weighted by molar-refractivity contribution is 0.0523. The van der Waals surface area contributed by atoms with E-state index in [-0.39, 0.29) is 12.2 Å². The second-order valence-corrected chi connectivity index (χ2v) is 6.04. The van der Waals surface area contributed by atoms with Gasteiger partial charge in [0.25, 0.3) is 5.56 Å². The van der Waals surface area contributed by atoms with Crippen molar-refractivity contribution in [1.29, 1.82) is 0 Å². The molecule has 0 amide bonds. The molecule has 1 fully saturated rings. The number of esters is 1. The van der Waals surface area contributed by atoms with E-state index in [2.05, 4.69) is 9.29 Å². The summed E-state index contributed by atoms with van der Waals surface area (Å²) >= 11 is 1.54. The van der Waals surface area contributed by atoms with E-state index < -0.39 is 11.5 Å². The predicted octanol–water partition coefficient (Wildman–Crippen LogP) is 1.21. The Morgan fingerprint density at radius 3 is 2.96 bits per heavy atom. The lowest BCUT2D eigenvalue weighted by atomic mass is 10.3. The lowest BCUT2D eigenvalue weighted by Crippen LogP contribution is -2.31. The molecule has 0 unspecified atom stereocenters. The fourth-order valence-corrected chi connectivity index (χ4v) is 3.26. The number of ether oxygens (including phenoxy) is 2. The Balaban J connectivity index is 1.96. The molecule has 1 aliphatic rings. The number of aromatic nitrogens is 2. The summed E-state index contributed by atoms with van der Waals surface area (Å²) < 4.78 is 13.8. The van der Waals surface area contributed by atoms with E-state index in [1.807, 2.05) is 6.07 Å². The molecule has 3 heterocycles. The van der Waals surface area contributed by atoms with Gasteiger partial charge >= 0.3 is 5.97 Å². The summed E-state index contributed by atoms with van der Waals surface area (Å²) in [5.74, 6) is -0.648. The highest BCUT2D eigenvalue weighted by molar-refractivity contribution is 7.97. The highest BCUT2D eigenvalue weighted by atomic mass is 32.2. The Kier molecular flexibility index (Phi) is 4.94. The summed E-state index contributed by atoms with van der Waals surface area (Å²) in [6.07, 6.45) is 2.90. The zero-order chi connectivity index (χ0) is 16.2. The van der Waals surface area contributed by atoms with Gasteiger partial charge in [0.15, 0.2) is 5.65 Å². The maximum atomic E-state index is 12.5. The Hall–Kier alpha value is -1.90. The van der Waals surface area contributed by atoms with E-state index in [0.717, 1.165) is 18.0 Å². The average molecular weight is 335 g/mol. The summed E-state index contributed by atoms with van der Waals surface area (Å²) in [4.78, 5) is 29.4. The van der Waals surface area contributed by atoms with Crippen molar-refractivity contribution in [3.63, 3.8) is 0 Å². The molecule has 8 heteroatoms. The Morgan fingerprint density at radius 1 is 1.43 bits per heavy atom. The van der Waals surface area contributed by atoms with Crippen LogP contribution in [0, 0.1) is 0 Å². The second-order valence-electron chi connectivity index (χ2n) is 4.90. The molecule has 0 atom stereocenters. The van der Waals surface area contributed by atoms with Gasteiger partial charge in [-0.1, -0.05) is 0 Å². The van der Waals surface area contributed by atoms with Gasteiger partial charge in [-0.25, -0.2) is 14.1 Å². The molecule has 2 aromatic rings. The molecule has 1 saturated heterocycles. The van der Waals surface area contributed by atoms with Crippen molar-refractivity contribution in [2.75, 3.05) is 32.9 Å². The summed E-state index contributed by atoms with van der Waals surface area (Å²) in [6.45, 7) is 4.93. The zero-order valence-electron chi connectivity index (χ0n) is 12.7. The van der Waals surface area contributed by atoms with Crippen LogP contribution in [0.2, 0.25) is 0 Å². The number of carbonyl (C=O) groups is 1. The summed E-state index contributed by atoms with van der Waals surface area (Å²) in [5.41, 5.74) is 0.0535. The predicted molar refractivity (Wildman–Crippen MR) is 85.7 cm³/mol. The van der Waals surface area contributed by atoms with Gasteiger partial charge in [0, 0.05) is 25.5 Å². The number of fused-ring (bicyclic) bond motifs is 1. The Bertz CT molecular complexity index is 771. The number of carbonyl (C=O) groups excluding carboxylic acids is 1. The van der Waals surface area contributed by atoms with Crippen LogP contribution in [0.25, 0.3) is 5.65 Å². The van der Waals surface area contributed by atoms with Gasteiger partial charge in [0.05, 0.1) is 24.7 Å². The van der Waals surface area contributed by atoms with Gasteiger partial charge in [-0.3, -0.25) is 9.20 Å². The van der Waals surface area contributed by atoms with Crippen LogP contribution in [0.15, 0.2) is 34.2 Å². The minimum absolute atomic E-state index is 0.0575. The molecule has 3 rings (SSSR count). The maximum Gasteiger partial charge on any atom is 0.345 e.